The first-order valence-corrected chi connectivity index (χ1v) is 10.1. The summed E-state index contributed by atoms with van der Waals surface area (Å²) >= 11 is 0. The van der Waals surface area contributed by atoms with E-state index in [1.807, 2.05) is 18.2 Å². The van der Waals surface area contributed by atoms with Crippen LogP contribution < -0.4 is 10.5 Å². The summed E-state index contributed by atoms with van der Waals surface area (Å²) in [6, 6.07) is 13.8. The number of esters is 1. The maximum absolute atomic E-state index is 12.8. The minimum atomic E-state index is -0.622. The van der Waals surface area contributed by atoms with Crippen molar-refractivity contribution >= 4 is 28.5 Å². The molecule has 0 N–H and O–H groups in total. The summed E-state index contributed by atoms with van der Waals surface area (Å²) in [6.07, 6.45) is 3.79. The molecule has 0 fully saturated rings. The van der Waals surface area contributed by atoms with Crippen molar-refractivity contribution in [3.05, 3.63) is 70.3 Å². The van der Waals surface area contributed by atoms with Gasteiger partial charge in [0.05, 0.1) is 16.5 Å². The predicted octanol–water partition coefficient (Wildman–Crippen LogP) is 2.94. The third-order valence-electron chi connectivity index (χ3n) is 5.40. The summed E-state index contributed by atoms with van der Waals surface area (Å²) in [6.45, 7) is 0.306. The normalized spacial score (nSPS) is 13.4. The molecule has 0 unspecified atom stereocenters. The van der Waals surface area contributed by atoms with Gasteiger partial charge in [-0.2, -0.15) is 0 Å². The second-order valence-corrected chi connectivity index (χ2v) is 7.39. The molecule has 3 aromatic rings. The summed E-state index contributed by atoms with van der Waals surface area (Å²) in [5.74, 6) is -0.198. The first-order valence-electron chi connectivity index (χ1n) is 10.1. The van der Waals surface area contributed by atoms with Gasteiger partial charge in [-0.15, -0.1) is 0 Å². The van der Waals surface area contributed by atoms with Crippen LogP contribution in [0.4, 0.5) is 5.69 Å². The molecule has 0 saturated heterocycles. The van der Waals surface area contributed by atoms with Gasteiger partial charge in [-0.3, -0.25) is 14.2 Å². The molecule has 2 heterocycles. The molecule has 2 aromatic carbocycles. The number of carbonyl (C=O) groups is 2. The van der Waals surface area contributed by atoms with Gasteiger partial charge in [-0.1, -0.05) is 24.6 Å². The smallest absolute Gasteiger partial charge is 0.338 e. The highest BCUT2D eigenvalue weighted by molar-refractivity contribution is 5.98. The number of likely N-dealkylation sites (N-methyl/N-ethyl adjacent to an activating group) is 1. The minimum absolute atomic E-state index is 0.0727. The number of hydrogen-bond donors (Lipinski definition) is 0. The van der Waals surface area contributed by atoms with Crippen LogP contribution in [-0.4, -0.2) is 35.1 Å². The van der Waals surface area contributed by atoms with Gasteiger partial charge in [-0.25, -0.2) is 9.78 Å². The summed E-state index contributed by atoms with van der Waals surface area (Å²) in [5, 5.41) is 0.483. The van der Waals surface area contributed by atoms with E-state index in [0.717, 1.165) is 37.2 Å². The van der Waals surface area contributed by atoms with E-state index in [4.69, 9.17) is 4.74 Å². The van der Waals surface area contributed by atoms with Gasteiger partial charge in [0, 0.05) is 25.7 Å². The molecule has 7 heteroatoms. The first-order chi connectivity index (χ1) is 14.5. The van der Waals surface area contributed by atoms with Crippen LogP contribution in [0.15, 0.2) is 53.3 Å². The lowest BCUT2D eigenvalue weighted by atomic mass is 10.1. The maximum atomic E-state index is 12.8. The van der Waals surface area contributed by atoms with E-state index < -0.39 is 5.97 Å². The maximum Gasteiger partial charge on any atom is 0.338 e. The van der Waals surface area contributed by atoms with Crippen LogP contribution in [0.25, 0.3) is 10.9 Å². The minimum Gasteiger partial charge on any atom is -0.452 e. The quantitative estimate of drug-likeness (QED) is 0.624. The van der Waals surface area contributed by atoms with Crippen LogP contribution in [0.2, 0.25) is 0 Å². The van der Waals surface area contributed by atoms with Gasteiger partial charge < -0.3 is 9.64 Å². The number of carbonyl (C=O) groups excluding carboxylic acids is 2. The fraction of sp³-hybridized carbons (Fsp3) is 0.304. The van der Waals surface area contributed by atoms with E-state index in [-0.39, 0.29) is 23.6 Å². The van der Waals surface area contributed by atoms with Crippen molar-refractivity contribution in [3.8, 4) is 0 Å². The standard InChI is InChI=1S/C23H23N3O4/c1-25(17-8-4-2-5-9-17)21(27)15-30-23(29)16-11-12-18-19(14-16)24-20-10-6-3-7-13-26(20)22(18)28/h2,4-5,8-9,11-12,14H,3,6-7,10,13,15H2,1H3. The zero-order chi connectivity index (χ0) is 21.1. The zero-order valence-electron chi connectivity index (χ0n) is 16.8. The summed E-state index contributed by atoms with van der Waals surface area (Å²) < 4.78 is 6.94. The number of aryl methyl sites for hydroxylation is 1. The number of fused-ring (bicyclic) bond motifs is 2. The Morgan fingerprint density at radius 3 is 2.70 bits per heavy atom. The molecule has 30 heavy (non-hydrogen) atoms. The molecular formula is C23H23N3O4. The number of ether oxygens (including phenoxy) is 1. The molecule has 1 amide bonds. The molecule has 0 spiro atoms. The Morgan fingerprint density at radius 1 is 1.10 bits per heavy atom. The lowest BCUT2D eigenvalue weighted by Gasteiger charge is -2.17. The molecule has 154 valence electrons. The largest absolute Gasteiger partial charge is 0.452 e. The van der Waals surface area contributed by atoms with Gasteiger partial charge in [0.15, 0.2) is 6.61 Å². The number of rotatable bonds is 4. The van der Waals surface area contributed by atoms with E-state index in [2.05, 4.69) is 4.98 Å². The lowest BCUT2D eigenvalue weighted by Crippen LogP contribution is -2.31. The number of nitrogens with zero attached hydrogens (tertiary/aromatic N) is 3. The van der Waals surface area contributed by atoms with Crippen molar-refractivity contribution < 1.29 is 14.3 Å². The van der Waals surface area contributed by atoms with E-state index in [1.54, 1.807) is 41.9 Å². The average molecular weight is 405 g/mol. The predicted molar refractivity (Wildman–Crippen MR) is 114 cm³/mol. The average Bonchev–Trinajstić information content (AvgIpc) is 3.02. The first kappa shape index (κ1) is 19.8. The monoisotopic (exact) mass is 405 g/mol. The fourth-order valence-corrected chi connectivity index (χ4v) is 3.65. The van der Waals surface area contributed by atoms with E-state index >= 15 is 0 Å². The summed E-state index contributed by atoms with van der Waals surface area (Å²) in [7, 11) is 1.63. The second kappa shape index (κ2) is 8.49. The lowest BCUT2D eigenvalue weighted by molar-refractivity contribution is -0.121. The van der Waals surface area contributed by atoms with E-state index in [9.17, 15) is 14.4 Å². The number of amides is 1. The van der Waals surface area contributed by atoms with Crippen LogP contribution >= 0.6 is 0 Å². The van der Waals surface area contributed by atoms with Crippen molar-refractivity contribution in [2.75, 3.05) is 18.6 Å². The Morgan fingerprint density at radius 2 is 1.90 bits per heavy atom. The Hall–Kier alpha value is -3.48. The van der Waals surface area contributed by atoms with Crippen LogP contribution in [0.3, 0.4) is 0 Å². The highest BCUT2D eigenvalue weighted by Crippen LogP contribution is 2.17. The molecule has 0 saturated carbocycles. The number of anilines is 1. The van der Waals surface area contributed by atoms with Gasteiger partial charge in [0.1, 0.15) is 5.82 Å². The molecular weight excluding hydrogens is 382 g/mol. The molecule has 1 aliphatic rings. The van der Waals surface area contributed by atoms with Crippen LogP contribution in [0.5, 0.6) is 0 Å². The molecule has 1 aliphatic heterocycles. The van der Waals surface area contributed by atoms with Gasteiger partial charge in [0.25, 0.3) is 11.5 Å². The molecule has 0 radical (unpaired) electrons. The number of aromatic nitrogens is 2. The Bertz CT molecular complexity index is 1150. The van der Waals surface area contributed by atoms with Crippen LogP contribution in [0.1, 0.15) is 35.4 Å². The van der Waals surface area contributed by atoms with Crippen LogP contribution in [-0.2, 0) is 22.5 Å². The molecule has 0 atom stereocenters. The SMILES string of the molecule is CN(C(=O)COC(=O)c1ccc2c(=O)n3c(nc2c1)CCCCC3)c1ccccc1. The van der Waals surface area contributed by atoms with Crippen molar-refractivity contribution in [2.24, 2.45) is 0 Å². The zero-order valence-corrected chi connectivity index (χ0v) is 16.8. The Balaban J connectivity index is 1.51. The van der Waals surface area contributed by atoms with Gasteiger partial charge in [-0.05, 0) is 43.2 Å². The highest BCUT2D eigenvalue weighted by atomic mass is 16.5. The van der Waals surface area contributed by atoms with Crippen molar-refractivity contribution in [1.29, 1.82) is 0 Å². The third-order valence-corrected chi connectivity index (χ3v) is 5.40. The second-order valence-electron chi connectivity index (χ2n) is 7.39. The molecule has 0 aliphatic carbocycles. The fourth-order valence-electron chi connectivity index (χ4n) is 3.65. The van der Waals surface area contributed by atoms with E-state index in [1.165, 1.54) is 4.90 Å². The molecule has 4 rings (SSSR count). The Labute approximate surface area is 173 Å². The third kappa shape index (κ3) is 3.96. The number of para-hydroxylation sites is 1. The summed E-state index contributed by atoms with van der Waals surface area (Å²) in [5.41, 5.74) is 1.39. The van der Waals surface area contributed by atoms with Gasteiger partial charge >= 0.3 is 5.97 Å². The topological polar surface area (TPSA) is 81.5 Å². The van der Waals surface area contributed by atoms with Crippen LogP contribution in [0, 0.1) is 0 Å². The summed E-state index contributed by atoms with van der Waals surface area (Å²) in [4.78, 5) is 43.6. The van der Waals surface area contributed by atoms with E-state index in [0.29, 0.717) is 17.4 Å². The van der Waals surface area contributed by atoms with Crippen molar-refractivity contribution in [2.45, 2.75) is 32.2 Å². The highest BCUT2D eigenvalue weighted by Gasteiger charge is 2.18. The molecule has 0 bridgehead atoms. The van der Waals surface area contributed by atoms with Gasteiger partial charge in [0.2, 0.25) is 0 Å². The van der Waals surface area contributed by atoms with Crippen molar-refractivity contribution in [1.82, 2.24) is 9.55 Å². The number of benzene rings is 2. The molecule has 7 nitrogen and oxygen atoms in total. The van der Waals surface area contributed by atoms with Crippen molar-refractivity contribution in [3.63, 3.8) is 0 Å². The molecule has 1 aromatic heterocycles. The Kier molecular flexibility index (Phi) is 5.61. The number of hydrogen-bond acceptors (Lipinski definition) is 5.